The number of amides is 1. The first-order valence-electron chi connectivity index (χ1n) is 9.89. The third-order valence-electron chi connectivity index (χ3n) is 5.08. The van der Waals surface area contributed by atoms with E-state index in [1.165, 1.54) is 6.07 Å². The summed E-state index contributed by atoms with van der Waals surface area (Å²) >= 11 is 0. The van der Waals surface area contributed by atoms with Crippen molar-refractivity contribution in [2.75, 3.05) is 5.73 Å². The van der Waals surface area contributed by atoms with Crippen LogP contribution in [0.1, 0.15) is 38.4 Å². The van der Waals surface area contributed by atoms with Gasteiger partial charge in [0.05, 0.1) is 5.52 Å². The standard InChI is InChI=1S/C24H22FN5O/c1-14-7-18-8-16(3-4-22(18)28-12-14)9-20-10-17(5-6-27-20)24(31)29-13-19-11-21(25)23(26)30-15(19)2/h3-8,10-12H,9,13H2,1-2H3,(H2,26,30)(H,29,31). The molecule has 4 rings (SSSR count). The summed E-state index contributed by atoms with van der Waals surface area (Å²) < 4.78 is 13.7. The molecule has 0 aliphatic rings. The second-order valence-electron chi connectivity index (χ2n) is 7.53. The topological polar surface area (TPSA) is 93.8 Å². The van der Waals surface area contributed by atoms with Crippen molar-refractivity contribution in [2.24, 2.45) is 0 Å². The van der Waals surface area contributed by atoms with Crippen molar-refractivity contribution in [3.8, 4) is 0 Å². The van der Waals surface area contributed by atoms with Crippen molar-refractivity contribution in [1.82, 2.24) is 20.3 Å². The Bertz CT molecular complexity index is 1290. The molecular weight excluding hydrogens is 393 g/mol. The number of hydrogen-bond donors (Lipinski definition) is 2. The summed E-state index contributed by atoms with van der Waals surface area (Å²) in [4.78, 5) is 25.4. The van der Waals surface area contributed by atoms with Gasteiger partial charge >= 0.3 is 0 Å². The van der Waals surface area contributed by atoms with Gasteiger partial charge in [-0.3, -0.25) is 14.8 Å². The van der Waals surface area contributed by atoms with Gasteiger partial charge in [0.25, 0.3) is 5.91 Å². The van der Waals surface area contributed by atoms with Gasteiger partial charge in [-0.2, -0.15) is 0 Å². The van der Waals surface area contributed by atoms with E-state index in [4.69, 9.17) is 5.73 Å². The summed E-state index contributed by atoms with van der Waals surface area (Å²) in [5.74, 6) is -1.01. The molecule has 3 heterocycles. The summed E-state index contributed by atoms with van der Waals surface area (Å²) in [5, 5.41) is 3.88. The van der Waals surface area contributed by atoms with Crippen molar-refractivity contribution in [1.29, 1.82) is 0 Å². The van der Waals surface area contributed by atoms with Gasteiger partial charge in [-0.05, 0) is 66.9 Å². The van der Waals surface area contributed by atoms with E-state index in [0.717, 1.165) is 27.7 Å². The number of hydrogen-bond acceptors (Lipinski definition) is 5. The summed E-state index contributed by atoms with van der Waals surface area (Å²) in [6, 6.07) is 12.9. The number of aryl methyl sites for hydroxylation is 2. The molecular formula is C24H22FN5O. The van der Waals surface area contributed by atoms with Crippen LogP contribution in [0.2, 0.25) is 0 Å². The Balaban J connectivity index is 1.48. The monoisotopic (exact) mass is 415 g/mol. The molecule has 0 atom stereocenters. The fourth-order valence-corrected chi connectivity index (χ4v) is 3.42. The summed E-state index contributed by atoms with van der Waals surface area (Å²) in [5.41, 5.74) is 11.0. The Kier molecular flexibility index (Phi) is 5.58. The van der Waals surface area contributed by atoms with Gasteiger partial charge < -0.3 is 11.1 Å². The molecule has 1 amide bonds. The van der Waals surface area contributed by atoms with Crippen LogP contribution >= 0.6 is 0 Å². The van der Waals surface area contributed by atoms with E-state index in [9.17, 15) is 9.18 Å². The first-order chi connectivity index (χ1) is 14.9. The zero-order valence-electron chi connectivity index (χ0n) is 17.3. The normalized spacial score (nSPS) is 10.9. The number of halogens is 1. The smallest absolute Gasteiger partial charge is 0.251 e. The maximum Gasteiger partial charge on any atom is 0.251 e. The van der Waals surface area contributed by atoms with Crippen LogP contribution in [0, 0.1) is 19.7 Å². The van der Waals surface area contributed by atoms with Crippen LogP contribution in [0.3, 0.4) is 0 Å². The van der Waals surface area contributed by atoms with Crippen LogP contribution in [-0.2, 0) is 13.0 Å². The van der Waals surface area contributed by atoms with E-state index in [1.807, 2.05) is 25.3 Å². The minimum Gasteiger partial charge on any atom is -0.381 e. The van der Waals surface area contributed by atoms with Gasteiger partial charge in [-0.25, -0.2) is 9.37 Å². The molecule has 0 saturated heterocycles. The number of nitrogen functional groups attached to an aromatic ring is 1. The highest BCUT2D eigenvalue weighted by molar-refractivity contribution is 5.94. The van der Waals surface area contributed by atoms with Gasteiger partial charge in [0.1, 0.15) is 0 Å². The molecule has 3 N–H and O–H groups in total. The highest BCUT2D eigenvalue weighted by Gasteiger charge is 2.11. The van der Waals surface area contributed by atoms with E-state index >= 15 is 0 Å². The molecule has 0 radical (unpaired) electrons. The van der Waals surface area contributed by atoms with Gasteiger partial charge in [-0.1, -0.05) is 6.07 Å². The van der Waals surface area contributed by atoms with Gasteiger partial charge in [0.15, 0.2) is 11.6 Å². The molecule has 31 heavy (non-hydrogen) atoms. The fourth-order valence-electron chi connectivity index (χ4n) is 3.42. The van der Waals surface area contributed by atoms with Crippen molar-refractivity contribution in [2.45, 2.75) is 26.8 Å². The largest absolute Gasteiger partial charge is 0.381 e. The minimum absolute atomic E-state index is 0.147. The Morgan fingerprint density at radius 2 is 1.94 bits per heavy atom. The Labute approximate surface area is 179 Å². The van der Waals surface area contributed by atoms with Crippen molar-refractivity contribution >= 4 is 22.6 Å². The van der Waals surface area contributed by atoms with Crippen LogP contribution in [-0.4, -0.2) is 20.9 Å². The van der Waals surface area contributed by atoms with Gasteiger partial charge in [0, 0.05) is 47.7 Å². The third-order valence-corrected chi connectivity index (χ3v) is 5.08. The number of anilines is 1. The van der Waals surface area contributed by atoms with E-state index < -0.39 is 5.82 Å². The average Bonchev–Trinajstić information content (AvgIpc) is 2.75. The number of carbonyl (C=O) groups is 1. The van der Waals surface area contributed by atoms with E-state index in [-0.39, 0.29) is 18.3 Å². The Hall–Kier alpha value is -3.87. The molecule has 4 aromatic rings. The van der Waals surface area contributed by atoms with Gasteiger partial charge in [-0.15, -0.1) is 0 Å². The van der Waals surface area contributed by atoms with Crippen LogP contribution in [0.5, 0.6) is 0 Å². The molecule has 156 valence electrons. The lowest BCUT2D eigenvalue weighted by molar-refractivity contribution is 0.0950. The second kappa shape index (κ2) is 8.47. The van der Waals surface area contributed by atoms with E-state index in [1.54, 1.807) is 25.3 Å². The van der Waals surface area contributed by atoms with Crippen LogP contribution in [0.4, 0.5) is 10.2 Å². The molecule has 1 aromatic carbocycles. The SMILES string of the molecule is Cc1cnc2ccc(Cc3cc(C(=O)NCc4cc(F)c(N)nc4C)ccn3)cc2c1. The average molecular weight is 415 g/mol. The molecule has 0 aliphatic heterocycles. The fraction of sp³-hybridized carbons (Fsp3) is 0.167. The van der Waals surface area contributed by atoms with Crippen molar-refractivity contribution in [3.05, 3.63) is 94.3 Å². The maximum atomic E-state index is 13.7. The lowest BCUT2D eigenvalue weighted by atomic mass is 10.0. The lowest BCUT2D eigenvalue weighted by Gasteiger charge is -2.10. The summed E-state index contributed by atoms with van der Waals surface area (Å²) in [7, 11) is 0. The lowest BCUT2D eigenvalue weighted by Crippen LogP contribution is -2.24. The van der Waals surface area contributed by atoms with Crippen molar-refractivity contribution in [3.63, 3.8) is 0 Å². The predicted molar refractivity (Wildman–Crippen MR) is 118 cm³/mol. The molecule has 0 spiro atoms. The second-order valence-corrected chi connectivity index (χ2v) is 7.53. The number of nitrogens with one attached hydrogen (secondary N) is 1. The highest BCUT2D eigenvalue weighted by Crippen LogP contribution is 2.18. The molecule has 0 bridgehead atoms. The van der Waals surface area contributed by atoms with E-state index in [2.05, 4.69) is 32.4 Å². The molecule has 0 fully saturated rings. The molecule has 3 aromatic heterocycles. The minimum atomic E-state index is -0.596. The number of rotatable bonds is 5. The van der Waals surface area contributed by atoms with Crippen LogP contribution in [0.15, 0.2) is 54.9 Å². The van der Waals surface area contributed by atoms with Crippen molar-refractivity contribution < 1.29 is 9.18 Å². The first kappa shape index (κ1) is 20.4. The molecule has 7 heteroatoms. The quantitative estimate of drug-likeness (QED) is 0.516. The molecule has 0 aliphatic carbocycles. The number of fused-ring (bicyclic) bond motifs is 1. The molecule has 6 nitrogen and oxygen atoms in total. The predicted octanol–water partition coefficient (Wildman–Crippen LogP) is 3.88. The number of nitrogens with two attached hydrogens (primary N) is 1. The zero-order valence-corrected chi connectivity index (χ0v) is 17.3. The molecule has 0 unspecified atom stereocenters. The number of nitrogens with zero attached hydrogens (tertiary/aromatic N) is 3. The summed E-state index contributed by atoms with van der Waals surface area (Å²) in [6.07, 6.45) is 4.06. The van der Waals surface area contributed by atoms with E-state index in [0.29, 0.717) is 23.2 Å². The third kappa shape index (κ3) is 4.66. The maximum absolute atomic E-state index is 13.7. The van der Waals surface area contributed by atoms with Gasteiger partial charge in [0.2, 0.25) is 0 Å². The zero-order chi connectivity index (χ0) is 22.0. The Morgan fingerprint density at radius 1 is 1.10 bits per heavy atom. The van der Waals surface area contributed by atoms with Crippen LogP contribution < -0.4 is 11.1 Å². The molecule has 0 saturated carbocycles. The number of carbonyl (C=O) groups excluding carboxylic acids is 1. The number of aromatic nitrogens is 3. The Morgan fingerprint density at radius 3 is 2.77 bits per heavy atom. The summed E-state index contributed by atoms with van der Waals surface area (Å²) in [6.45, 7) is 3.89. The first-order valence-corrected chi connectivity index (χ1v) is 9.89. The highest BCUT2D eigenvalue weighted by atomic mass is 19.1. The number of benzene rings is 1. The number of pyridine rings is 3. The van der Waals surface area contributed by atoms with Crippen LogP contribution in [0.25, 0.3) is 10.9 Å².